The number of carbonyl (C=O) groups is 1. The number of nitrogens with one attached hydrogen (secondary N) is 1. The van der Waals surface area contributed by atoms with Gasteiger partial charge in [0.1, 0.15) is 13.2 Å². The molecule has 1 aliphatic rings. The molecule has 0 aliphatic carbocycles. The number of nitrogens with zero attached hydrogens (tertiary/aromatic N) is 2. The van der Waals surface area contributed by atoms with Crippen molar-refractivity contribution in [3.05, 3.63) is 53.1 Å². The van der Waals surface area contributed by atoms with Gasteiger partial charge in [-0.1, -0.05) is 23.3 Å². The number of hydrogen-bond donors (Lipinski definition) is 1. The molecule has 27 heavy (non-hydrogen) atoms. The fraction of sp³-hybridized carbons (Fsp3) is 0.250. The smallest absolute Gasteiger partial charge is 0.322 e. The molecule has 1 aromatic heterocycles. The van der Waals surface area contributed by atoms with E-state index in [1.54, 1.807) is 12.1 Å². The molecule has 1 amide bonds. The predicted molar refractivity (Wildman–Crippen MR) is 99.0 cm³/mol. The van der Waals surface area contributed by atoms with Gasteiger partial charge in [0.25, 0.3) is 0 Å². The van der Waals surface area contributed by atoms with Crippen molar-refractivity contribution in [3.63, 3.8) is 0 Å². The molecule has 7 nitrogen and oxygen atoms in total. The molecule has 0 spiro atoms. The van der Waals surface area contributed by atoms with Gasteiger partial charge < -0.3 is 13.9 Å². The molecule has 7 heteroatoms. The summed E-state index contributed by atoms with van der Waals surface area (Å²) in [6, 6.07) is 11.4. The number of anilines is 1. The molecule has 2 heterocycles. The Hall–Kier alpha value is -3.35. The highest BCUT2D eigenvalue weighted by molar-refractivity contribution is 5.90. The zero-order valence-electron chi connectivity index (χ0n) is 15.1. The Morgan fingerprint density at radius 1 is 1.00 bits per heavy atom. The van der Waals surface area contributed by atoms with Crippen molar-refractivity contribution in [2.24, 2.45) is 0 Å². The molecule has 138 valence electrons. The van der Waals surface area contributed by atoms with E-state index in [-0.39, 0.29) is 18.3 Å². The van der Waals surface area contributed by atoms with Crippen LogP contribution in [0.3, 0.4) is 0 Å². The summed E-state index contributed by atoms with van der Waals surface area (Å²) in [5.74, 6) is 1.41. The number of ether oxygens (including phenoxy) is 2. The SMILES string of the molecule is Cc1ccc(CC(=O)Nc2nnc(-c3ccc4c(c3)OCCO4)o2)cc1C. The quantitative estimate of drug-likeness (QED) is 0.763. The maximum absolute atomic E-state index is 12.2. The van der Waals surface area contributed by atoms with Gasteiger partial charge >= 0.3 is 6.01 Å². The van der Waals surface area contributed by atoms with E-state index >= 15 is 0 Å². The predicted octanol–water partition coefficient (Wildman–Crippen LogP) is 3.31. The fourth-order valence-corrected chi connectivity index (χ4v) is 2.83. The van der Waals surface area contributed by atoms with Crippen molar-refractivity contribution in [2.45, 2.75) is 20.3 Å². The Balaban J connectivity index is 1.44. The Morgan fingerprint density at radius 3 is 2.63 bits per heavy atom. The second-order valence-electron chi connectivity index (χ2n) is 6.41. The van der Waals surface area contributed by atoms with Crippen LogP contribution in [0.4, 0.5) is 6.01 Å². The number of aromatic nitrogens is 2. The Labute approximate surface area is 156 Å². The summed E-state index contributed by atoms with van der Waals surface area (Å²) in [5, 5.41) is 10.5. The fourth-order valence-electron chi connectivity index (χ4n) is 2.83. The summed E-state index contributed by atoms with van der Waals surface area (Å²) >= 11 is 0. The minimum absolute atomic E-state index is 0.0636. The van der Waals surface area contributed by atoms with Crippen LogP contribution >= 0.6 is 0 Å². The zero-order valence-corrected chi connectivity index (χ0v) is 15.1. The third-order valence-electron chi connectivity index (χ3n) is 4.40. The minimum Gasteiger partial charge on any atom is -0.486 e. The molecular weight excluding hydrogens is 346 g/mol. The molecule has 0 fully saturated rings. The lowest BCUT2D eigenvalue weighted by Gasteiger charge is -2.18. The van der Waals surface area contributed by atoms with Gasteiger partial charge in [-0.25, -0.2) is 0 Å². The second kappa shape index (κ2) is 7.11. The van der Waals surface area contributed by atoms with Crippen molar-refractivity contribution in [1.82, 2.24) is 10.2 Å². The van der Waals surface area contributed by atoms with Crippen LogP contribution in [0, 0.1) is 13.8 Å². The molecule has 0 saturated carbocycles. The lowest BCUT2D eigenvalue weighted by Crippen LogP contribution is -2.15. The van der Waals surface area contributed by atoms with Gasteiger partial charge in [-0.3, -0.25) is 10.1 Å². The third-order valence-corrected chi connectivity index (χ3v) is 4.40. The van der Waals surface area contributed by atoms with Crippen LogP contribution in [0.15, 0.2) is 40.8 Å². The number of benzene rings is 2. The highest BCUT2D eigenvalue weighted by atomic mass is 16.6. The maximum atomic E-state index is 12.2. The van der Waals surface area contributed by atoms with Crippen LogP contribution < -0.4 is 14.8 Å². The first-order chi connectivity index (χ1) is 13.1. The van der Waals surface area contributed by atoms with E-state index in [0.717, 1.165) is 11.1 Å². The number of rotatable bonds is 4. The van der Waals surface area contributed by atoms with E-state index in [2.05, 4.69) is 15.5 Å². The summed E-state index contributed by atoms with van der Waals surface area (Å²) in [5.41, 5.74) is 3.97. The Morgan fingerprint density at radius 2 is 1.81 bits per heavy atom. The molecule has 0 bridgehead atoms. The maximum Gasteiger partial charge on any atom is 0.322 e. The van der Waals surface area contributed by atoms with Crippen molar-refractivity contribution >= 4 is 11.9 Å². The van der Waals surface area contributed by atoms with E-state index in [4.69, 9.17) is 13.9 Å². The van der Waals surface area contributed by atoms with Gasteiger partial charge in [0.2, 0.25) is 11.8 Å². The van der Waals surface area contributed by atoms with Crippen molar-refractivity contribution in [2.75, 3.05) is 18.5 Å². The van der Waals surface area contributed by atoms with Crippen LogP contribution in [0.25, 0.3) is 11.5 Å². The summed E-state index contributed by atoms with van der Waals surface area (Å²) in [7, 11) is 0. The van der Waals surface area contributed by atoms with Gasteiger partial charge in [-0.15, -0.1) is 5.10 Å². The topological polar surface area (TPSA) is 86.5 Å². The highest BCUT2D eigenvalue weighted by Gasteiger charge is 2.16. The molecule has 0 saturated heterocycles. The third kappa shape index (κ3) is 3.76. The molecular formula is C20H19N3O4. The molecule has 0 atom stereocenters. The number of hydrogen-bond acceptors (Lipinski definition) is 6. The van der Waals surface area contributed by atoms with Crippen molar-refractivity contribution < 1.29 is 18.7 Å². The molecule has 0 unspecified atom stereocenters. The number of amides is 1. The van der Waals surface area contributed by atoms with Crippen LogP contribution in [-0.4, -0.2) is 29.3 Å². The molecule has 3 aromatic rings. The molecule has 4 rings (SSSR count). The van der Waals surface area contributed by atoms with Crippen molar-refractivity contribution in [3.8, 4) is 23.0 Å². The summed E-state index contributed by atoms with van der Waals surface area (Å²) in [4.78, 5) is 12.2. The van der Waals surface area contributed by atoms with Crippen LogP contribution in [0.2, 0.25) is 0 Å². The summed E-state index contributed by atoms with van der Waals surface area (Å²) in [6.45, 7) is 5.09. The van der Waals surface area contributed by atoms with Gasteiger partial charge in [-0.05, 0) is 48.7 Å². The highest BCUT2D eigenvalue weighted by Crippen LogP contribution is 2.34. The molecule has 1 aliphatic heterocycles. The average molecular weight is 365 g/mol. The lowest BCUT2D eigenvalue weighted by atomic mass is 10.0. The van der Waals surface area contributed by atoms with E-state index in [1.807, 2.05) is 38.1 Å². The van der Waals surface area contributed by atoms with E-state index in [9.17, 15) is 4.79 Å². The number of aryl methyl sites for hydroxylation is 2. The minimum atomic E-state index is -0.212. The number of fused-ring (bicyclic) bond motifs is 1. The second-order valence-corrected chi connectivity index (χ2v) is 6.41. The lowest BCUT2D eigenvalue weighted by molar-refractivity contribution is -0.115. The first-order valence-electron chi connectivity index (χ1n) is 8.68. The Bertz CT molecular complexity index is 997. The van der Waals surface area contributed by atoms with Gasteiger partial charge in [-0.2, -0.15) is 0 Å². The monoisotopic (exact) mass is 365 g/mol. The van der Waals surface area contributed by atoms with Crippen molar-refractivity contribution in [1.29, 1.82) is 0 Å². The normalized spacial score (nSPS) is 12.7. The summed E-state index contributed by atoms with van der Waals surface area (Å²) in [6.07, 6.45) is 0.239. The van der Waals surface area contributed by atoms with E-state index in [0.29, 0.717) is 36.2 Å². The average Bonchev–Trinajstić information content (AvgIpc) is 3.12. The molecule has 1 N–H and O–H groups in total. The first kappa shape index (κ1) is 17.1. The van der Waals surface area contributed by atoms with Gasteiger partial charge in [0.15, 0.2) is 11.5 Å². The standard InChI is InChI=1S/C20H19N3O4/c1-12-3-4-14(9-13(12)2)10-18(24)21-20-23-22-19(27-20)15-5-6-16-17(11-15)26-8-7-25-16/h3-6,9,11H,7-8,10H2,1-2H3,(H,21,23,24). The Kier molecular flexibility index (Phi) is 4.50. The van der Waals surface area contributed by atoms with Crippen LogP contribution in [0.1, 0.15) is 16.7 Å². The van der Waals surface area contributed by atoms with Gasteiger partial charge in [0, 0.05) is 5.56 Å². The molecule has 0 radical (unpaired) electrons. The van der Waals surface area contributed by atoms with Crippen LogP contribution in [-0.2, 0) is 11.2 Å². The van der Waals surface area contributed by atoms with Gasteiger partial charge in [0.05, 0.1) is 6.42 Å². The largest absolute Gasteiger partial charge is 0.486 e. The zero-order chi connectivity index (χ0) is 18.8. The molecule has 2 aromatic carbocycles. The van der Waals surface area contributed by atoms with E-state index < -0.39 is 0 Å². The van der Waals surface area contributed by atoms with E-state index in [1.165, 1.54) is 5.56 Å². The van der Waals surface area contributed by atoms with Crippen LogP contribution in [0.5, 0.6) is 11.5 Å². The summed E-state index contributed by atoms with van der Waals surface area (Å²) < 4.78 is 16.6. The first-order valence-corrected chi connectivity index (χ1v) is 8.68. The number of carbonyl (C=O) groups excluding carboxylic acids is 1.